The third-order valence-corrected chi connectivity index (χ3v) is 2.80. The van der Waals surface area contributed by atoms with Crippen LogP contribution in [0, 0.1) is 0 Å². The Hall–Kier alpha value is -1.07. The average Bonchev–Trinajstić information content (AvgIpc) is 2.44. The van der Waals surface area contributed by atoms with Gasteiger partial charge in [0.25, 0.3) is 5.91 Å². The molecule has 1 heterocycles. The summed E-state index contributed by atoms with van der Waals surface area (Å²) in [6, 6.07) is 3.42. The number of rotatable bonds is 1. The molecular formula is C9H8BrNO3. The Morgan fingerprint density at radius 2 is 2.29 bits per heavy atom. The van der Waals surface area contributed by atoms with E-state index >= 15 is 0 Å². The summed E-state index contributed by atoms with van der Waals surface area (Å²) in [5.41, 5.74) is 0.934. The number of halogens is 1. The van der Waals surface area contributed by atoms with Crippen molar-refractivity contribution in [2.45, 2.75) is 6.23 Å². The number of aliphatic hydroxyl groups excluding tert-OH is 1. The van der Waals surface area contributed by atoms with Gasteiger partial charge in [0.1, 0.15) is 5.75 Å². The van der Waals surface area contributed by atoms with Crippen LogP contribution in [-0.4, -0.2) is 18.1 Å². The van der Waals surface area contributed by atoms with Crippen LogP contribution < -0.4 is 10.1 Å². The Labute approximate surface area is 89.0 Å². The van der Waals surface area contributed by atoms with Crippen molar-refractivity contribution in [3.05, 3.63) is 27.7 Å². The van der Waals surface area contributed by atoms with Gasteiger partial charge in [-0.2, -0.15) is 0 Å². The van der Waals surface area contributed by atoms with Gasteiger partial charge in [0, 0.05) is 4.47 Å². The molecule has 0 radical (unpaired) electrons. The van der Waals surface area contributed by atoms with E-state index in [4.69, 9.17) is 4.74 Å². The van der Waals surface area contributed by atoms with Crippen LogP contribution in [0.3, 0.4) is 0 Å². The molecule has 0 aromatic heterocycles. The van der Waals surface area contributed by atoms with E-state index in [0.717, 1.165) is 0 Å². The fraction of sp³-hybridized carbons (Fsp3) is 0.222. The fourth-order valence-corrected chi connectivity index (χ4v) is 2.05. The SMILES string of the molecule is COc1ccc(Br)c2c1C(O)NC2=O. The highest BCUT2D eigenvalue weighted by atomic mass is 79.9. The molecule has 1 unspecified atom stereocenters. The molecule has 1 aromatic carbocycles. The van der Waals surface area contributed by atoms with Gasteiger partial charge in [-0.15, -0.1) is 0 Å². The smallest absolute Gasteiger partial charge is 0.255 e. The molecule has 0 aliphatic carbocycles. The Morgan fingerprint density at radius 3 is 2.93 bits per heavy atom. The lowest BCUT2D eigenvalue weighted by molar-refractivity contribution is 0.0848. The largest absolute Gasteiger partial charge is 0.496 e. The van der Waals surface area contributed by atoms with Crippen molar-refractivity contribution in [2.75, 3.05) is 7.11 Å². The summed E-state index contributed by atoms with van der Waals surface area (Å²) < 4.78 is 5.71. The summed E-state index contributed by atoms with van der Waals surface area (Å²) in [6.07, 6.45) is -0.982. The fourth-order valence-electron chi connectivity index (χ4n) is 1.52. The molecular weight excluding hydrogens is 250 g/mol. The van der Waals surface area contributed by atoms with Crippen molar-refractivity contribution in [2.24, 2.45) is 0 Å². The lowest BCUT2D eigenvalue weighted by Crippen LogP contribution is -2.18. The first kappa shape index (κ1) is 9.48. The predicted octanol–water partition coefficient (Wildman–Crippen LogP) is 1.19. The molecule has 5 heteroatoms. The van der Waals surface area contributed by atoms with E-state index in [1.807, 2.05) is 0 Å². The second-order valence-corrected chi connectivity index (χ2v) is 3.77. The number of carbonyl (C=O) groups is 1. The minimum absolute atomic E-state index is 0.293. The Bertz CT molecular complexity index is 405. The molecule has 14 heavy (non-hydrogen) atoms. The number of hydrogen-bond donors (Lipinski definition) is 2. The summed E-state index contributed by atoms with van der Waals surface area (Å²) in [6.45, 7) is 0. The average molecular weight is 258 g/mol. The summed E-state index contributed by atoms with van der Waals surface area (Å²) in [5.74, 6) is 0.215. The van der Waals surface area contributed by atoms with E-state index < -0.39 is 6.23 Å². The van der Waals surface area contributed by atoms with Crippen LogP contribution in [0.2, 0.25) is 0 Å². The highest BCUT2D eigenvalue weighted by Crippen LogP contribution is 2.36. The molecule has 0 spiro atoms. The summed E-state index contributed by atoms with van der Waals surface area (Å²) in [4.78, 5) is 11.4. The lowest BCUT2D eigenvalue weighted by Gasteiger charge is -2.09. The van der Waals surface area contributed by atoms with E-state index in [-0.39, 0.29) is 5.91 Å². The molecule has 0 fully saturated rings. The van der Waals surface area contributed by atoms with Crippen LogP contribution in [-0.2, 0) is 0 Å². The highest BCUT2D eigenvalue weighted by Gasteiger charge is 2.32. The molecule has 0 saturated carbocycles. The van der Waals surface area contributed by atoms with E-state index in [2.05, 4.69) is 21.2 Å². The van der Waals surface area contributed by atoms with E-state index in [9.17, 15) is 9.90 Å². The van der Waals surface area contributed by atoms with Crippen LogP contribution in [0.15, 0.2) is 16.6 Å². The summed E-state index contributed by atoms with van der Waals surface area (Å²) in [5, 5.41) is 12.0. The third kappa shape index (κ3) is 1.20. The molecule has 1 aliphatic heterocycles. The van der Waals surface area contributed by atoms with Crippen LogP contribution in [0.5, 0.6) is 5.75 Å². The molecule has 2 N–H and O–H groups in total. The maximum Gasteiger partial charge on any atom is 0.255 e. The molecule has 4 nitrogen and oxygen atoms in total. The molecule has 2 rings (SSSR count). The number of amides is 1. The number of carbonyl (C=O) groups excluding carboxylic acids is 1. The zero-order chi connectivity index (χ0) is 10.3. The van der Waals surface area contributed by atoms with Crippen LogP contribution >= 0.6 is 15.9 Å². The van der Waals surface area contributed by atoms with Crippen molar-refractivity contribution in [3.8, 4) is 5.75 Å². The van der Waals surface area contributed by atoms with Crippen molar-refractivity contribution in [3.63, 3.8) is 0 Å². The van der Waals surface area contributed by atoms with Crippen LogP contribution in [0.25, 0.3) is 0 Å². The van der Waals surface area contributed by atoms with Gasteiger partial charge in [0.15, 0.2) is 6.23 Å². The lowest BCUT2D eigenvalue weighted by atomic mass is 10.1. The monoisotopic (exact) mass is 257 g/mol. The van der Waals surface area contributed by atoms with Crippen molar-refractivity contribution >= 4 is 21.8 Å². The third-order valence-electron chi connectivity index (χ3n) is 2.14. The van der Waals surface area contributed by atoms with Crippen molar-refractivity contribution in [1.29, 1.82) is 0 Å². The van der Waals surface area contributed by atoms with Gasteiger partial charge < -0.3 is 15.2 Å². The topological polar surface area (TPSA) is 58.6 Å². The molecule has 0 bridgehead atoms. The van der Waals surface area contributed by atoms with E-state index in [1.54, 1.807) is 12.1 Å². The summed E-state index contributed by atoms with van der Waals surface area (Å²) >= 11 is 3.25. The zero-order valence-electron chi connectivity index (χ0n) is 7.37. The Kier molecular flexibility index (Phi) is 2.20. The first-order valence-electron chi connectivity index (χ1n) is 4.00. The predicted molar refractivity (Wildman–Crippen MR) is 53.1 cm³/mol. The molecule has 74 valence electrons. The number of nitrogens with one attached hydrogen (secondary N) is 1. The second kappa shape index (κ2) is 3.25. The molecule has 1 atom stereocenters. The second-order valence-electron chi connectivity index (χ2n) is 2.91. The maximum absolute atomic E-state index is 11.4. The van der Waals surface area contributed by atoms with Crippen LogP contribution in [0.1, 0.15) is 22.1 Å². The molecule has 1 aromatic rings. The summed E-state index contributed by atoms with van der Waals surface area (Å²) in [7, 11) is 1.50. The van der Waals surface area contributed by atoms with Gasteiger partial charge in [-0.05, 0) is 28.1 Å². The van der Waals surface area contributed by atoms with Crippen molar-refractivity contribution in [1.82, 2.24) is 5.32 Å². The first-order chi connectivity index (χ1) is 6.65. The van der Waals surface area contributed by atoms with Gasteiger partial charge >= 0.3 is 0 Å². The number of ether oxygens (including phenoxy) is 1. The van der Waals surface area contributed by atoms with Gasteiger partial charge in [-0.3, -0.25) is 4.79 Å². The van der Waals surface area contributed by atoms with E-state index in [1.165, 1.54) is 7.11 Å². The minimum atomic E-state index is -0.982. The molecule has 0 saturated heterocycles. The minimum Gasteiger partial charge on any atom is -0.496 e. The normalized spacial score (nSPS) is 19.1. The van der Waals surface area contributed by atoms with Gasteiger partial charge in [-0.25, -0.2) is 0 Å². The Balaban J connectivity index is 2.69. The number of aliphatic hydroxyl groups is 1. The maximum atomic E-state index is 11.4. The number of methoxy groups -OCH3 is 1. The highest BCUT2D eigenvalue weighted by molar-refractivity contribution is 9.10. The van der Waals surface area contributed by atoms with Gasteiger partial charge in [0.2, 0.25) is 0 Å². The number of fused-ring (bicyclic) bond motifs is 1. The van der Waals surface area contributed by atoms with E-state index in [0.29, 0.717) is 21.3 Å². The standard InChI is InChI=1S/C9H8BrNO3/c1-14-5-3-2-4(10)6-7(5)9(13)11-8(6)12/h2-3,9,13H,1H3,(H,11,12). The van der Waals surface area contributed by atoms with Gasteiger partial charge in [0.05, 0.1) is 18.2 Å². The first-order valence-corrected chi connectivity index (χ1v) is 4.79. The van der Waals surface area contributed by atoms with Crippen LogP contribution in [0.4, 0.5) is 0 Å². The van der Waals surface area contributed by atoms with Gasteiger partial charge in [-0.1, -0.05) is 0 Å². The quantitative estimate of drug-likeness (QED) is 0.795. The Morgan fingerprint density at radius 1 is 1.57 bits per heavy atom. The number of hydrogen-bond acceptors (Lipinski definition) is 3. The molecule has 1 amide bonds. The zero-order valence-corrected chi connectivity index (χ0v) is 8.96. The number of benzene rings is 1. The van der Waals surface area contributed by atoms with Crippen molar-refractivity contribution < 1.29 is 14.6 Å². The molecule has 1 aliphatic rings.